The number of amides is 1. The van der Waals surface area contributed by atoms with E-state index in [1.807, 2.05) is 17.0 Å². The molecular weight excluding hydrogens is 370 g/mol. The largest absolute Gasteiger partial charge is 0.452 e. The van der Waals surface area contributed by atoms with E-state index in [0.717, 1.165) is 25.1 Å². The van der Waals surface area contributed by atoms with Gasteiger partial charge in [0.25, 0.3) is 5.91 Å². The highest BCUT2D eigenvalue weighted by molar-refractivity contribution is 5.96. The maximum Gasteiger partial charge on any atom is 0.340 e. The van der Waals surface area contributed by atoms with Crippen molar-refractivity contribution in [3.8, 4) is 0 Å². The van der Waals surface area contributed by atoms with Crippen LogP contribution in [0.3, 0.4) is 0 Å². The molecular formula is C21H27N5O3. The minimum atomic E-state index is -0.491. The molecule has 8 heteroatoms. The molecule has 1 N–H and O–H groups in total. The van der Waals surface area contributed by atoms with Gasteiger partial charge in [-0.05, 0) is 24.6 Å². The summed E-state index contributed by atoms with van der Waals surface area (Å²) in [5, 5.41) is 3.25. The lowest BCUT2D eigenvalue weighted by Gasteiger charge is -2.34. The average molecular weight is 397 g/mol. The zero-order chi connectivity index (χ0) is 20.5. The number of rotatable bonds is 8. The number of benzene rings is 1. The number of hydrogen-bond acceptors (Lipinski definition) is 7. The van der Waals surface area contributed by atoms with Crippen LogP contribution in [0.4, 0.5) is 11.6 Å². The minimum Gasteiger partial charge on any atom is -0.452 e. The van der Waals surface area contributed by atoms with Crippen LogP contribution >= 0.6 is 0 Å². The molecule has 154 valence electrons. The van der Waals surface area contributed by atoms with E-state index in [2.05, 4.69) is 22.2 Å². The molecule has 0 aliphatic carbocycles. The van der Waals surface area contributed by atoms with Crippen LogP contribution in [-0.4, -0.2) is 66.1 Å². The summed E-state index contributed by atoms with van der Waals surface area (Å²) in [6.45, 7) is 5.02. The normalized spacial score (nSPS) is 13.8. The van der Waals surface area contributed by atoms with E-state index in [1.54, 1.807) is 35.5 Å². The average Bonchev–Trinajstić information content (AvgIpc) is 2.78. The number of anilines is 2. The lowest BCUT2D eigenvalue weighted by Crippen LogP contribution is -2.50. The summed E-state index contributed by atoms with van der Waals surface area (Å²) < 4.78 is 5.29. The van der Waals surface area contributed by atoms with E-state index >= 15 is 0 Å². The van der Waals surface area contributed by atoms with E-state index in [-0.39, 0.29) is 12.5 Å². The van der Waals surface area contributed by atoms with Crippen LogP contribution < -0.4 is 10.2 Å². The molecule has 29 heavy (non-hydrogen) atoms. The number of piperazine rings is 1. The van der Waals surface area contributed by atoms with Gasteiger partial charge >= 0.3 is 5.97 Å². The summed E-state index contributed by atoms with van der Waals surface area (Å²) >= 11 is 0. The van der Waals surface area contributed by atoms with Crippen molar-refractivity contribution in [3.63, 3.8) is 0 Å². The lowest BCUT2D eigenvalue weighted by atomic mass is 10.1. The maximum atomic E-state index is 12.5. The van der Waals surface area contributed by atoms with Gasteiger partial charge in [-0.15, -0.1) is 0 Å². The standard InChI is InChI=1S/C21H27N5O3/c1-2-3-9-22-18-8-5-4-7-17(18)20(28)29-16-19(27)25-12-14-26(15-13-25)21-23-10-6-11-24-21/h4-8,10-11,22H,2-3,9,12-16H2,1H3. The quantitative estimate of drug-likeness (QED) is 0.540. The van der Waals surface area contributed by atoms with Crippen LogP contribution in [-0.2, 0) is 9.53 Å². The fourth-order valence-electron chi connectivity index (χ4n) is 3.12. The number of nitrogens with zero attached hydrogens (tertiary/aromatic N) is 4. The zero-order valence-corrected chi connectivity index (χ0v) is 16.7. The SMILES string of the molecule is CCCCNc1ccccc1C(=O)OCC(=O)N1CCN(c2ncccn2)CC1. The van der Waals surface area contributed by atoms with Gasteiger partial charge in [0, 0.05) is 50.8 Å². The number of esters is 1. The van der Waals surface area contributed by atoms with Crippen LogP contribution in [0.15, 0.2) is 42.7 Å². The first-order valence-corrected chi connectivity index (χ1v) is 9.99. The Bertz CT molecular complexity index is 807. The van der Waals surface area contributed by atoms with Crippen LogP contribution in [0.5, 0.6) is 0 Å². The summed E-state index contributed by atoms with van der Waals surface area (Å²) in [6.07, 6.45) is 5.49. The Morgan fingerprint density at radius 1 is 1.07 bits per heavy atom. The van der Waals surface area contributed by atoms with Gasteiger partial charge in [0.2, 0.25) is 5.95 Å². The number of aromatic nitrogens is 2. The van der Waals surface area contributed by atoms with Gasteiger partial charge in [-0.3, -0.25) is 4.79 Å². The molecule has 1 fully saturated rings. The van der Waals surface area contributed by atoms with Gasteiger partial charge in [0.15, 0.2) is 6.61 Å². The van der Waals surface area contributed by atoms with Crippen molar-refractivity contribution in [1.29, 1.82) is 0 Å². The molecule has 0 saturated carbocycles. The van der Waals surface area contributed by atoms with E-state index in [0.29, 0.717) is 37.7 Å². The van der Waals surface area contributed by atoms with Crippen LogP contribution in [0.25, 0.3) is 0 Å². The molecule has 8 nitrogen and oxygen atoms in total. The highest BCUT2D eigenvalue weighted by Crippen LogP contribution is 2.17. The van der Waals surface area contributed by atoms with Gasteiger partial charge in [0.05, 0.1) is 5.56 Å². The van der Waals surface area contributed by atoms with E-state index in [1.165, 1.54) is 0 Å². The van der Waals surface area contributed by atoms with E-state index in [4.69, 9.17) is 4.74 Å². The van der Waals surface area contributed by atoms with Crippen LogP contribution in [0.2, 0.25) is 0 Å². The van der Waals surface area contributed by atoms with Crippen LogP contribution in [0, 0.1) is 0 Å². The smallest absolute Gasteiger partial charge is 0.340 e. The van der Waals surface area contributed by atoms with Gasteiger partial charge in [-0.25, -0.2) is 14.8 Å². The highest BCUT2D eigenvalue weighted by atomic mass is 16.5. The fourth-order valence-corrected chi connectivity index (χ4v) is 3.12. The van der Waals surface area contributed by atoms with Crippen molar-refractivity contribution in [2.75, 3.05) is 49.5 Å². The fraction of sp³-hybridized carbons (Fsp3) is 0.429. The number of para-hydroxylation sites is 1. The Morgan fingerprint density at radius 3 is 2.52 bits per heavy atom. The van der Waals surface area contributed by atoms with Gasteiger partial charge in [0.1, 0.15) is 0 Å². The molecule has 1 aliphatic heterocycles. The molecule has 1 saturated heterocycles. The third-order valence-corrected chi connectivity index (χ3v) is 4.79. The molecule has 0 unspecified atom stereocenters. The third-order valence-electron chi connectivity index (χ3n) is 4.79. The summed E-state index contributed by atoms with van der Waals surface area (Å²) in [4.78, 5) is 37.1. The second-order valence-corrected chi connectivity index (χ2v) is 6.82. The lowest BCUT2D eigenvalue weighted by molar-refractivity contribution is -0.134. The van der Waals surface area contributed by atoms with Crippen molar-refractivity contribution in [2.45, 2.75) is 19.8 Å². The van der Waals surface area contributed by atoms with Crippen LogP contribution in [0.1, 0.15) is 30.1 Å². The number of unbranched alkanes of at least 4 members (excludes halogenated alkanes) is 1. The number of nitrogens with one attached hydrogen (secondary N) is 1. The van der Waals surface area contributed by atoms with Gasteiger partial charge in [-0.1, -0.05) is 25.5 Å². The Balaban J connectivity index is 1.48. The molecule has 0 atom stereocenters. The second-order valence-electron chi connectivity index (χ2n) is 6.82. The summed E-state index contributed by atoms with van der Waals surface area (Å²) in [5.41, 5.74) is 1.18. The van der Waals surface area contributed by atoms with Gasteiger partial charge < -0.3 is 19.9 Å². The van der Waals surface area contributed by atoms with Crippen molar-refractivity contribution in [2.24, 2.45) is 0 Å². The van der Waals surface area contributed by atoms with E-state index < -0.39 is 5.97 Å². The zero-order valence-electron chi connectivity index (χ0n) is 16.7. The predicted molar refractivity (Wildman–Crippen MR) is 111 cm³/mol. The molecule has 0 bridgehead atoms. The summed E-state index contributed by atoms with van der Waals surface area (Å²) in [5.74, 6) is -0.0177. The molecule has 1 aliphatic rings. The Labute approximate surface area is 170 Å². The number of ether oxygens (including phenoxy) is 1. The highest BCUT2D eigenvalue weighted by Gasteiger charge is 2.23. The summed E-state index contributed by atoms with van der Waals surface area (Å²) in [7, 11) is 0. The topological polar surface area (TPSA) is 87.7 Å². The number of hydrogen-bond donors (Lipinski definition) is 1. The number of carbonyl (C=O) groups excluding carboxylic acids is 2. The first-order valence-electron chi connectivity index (χ1n) is 9.99. The molecule has 1 aromatic carbocycles. The Hall–Kier alpha value is -3.16. The molecule has 1 amide bonds. The minimum absolute atomic E-state index is 0.191. The first-order chi connectivity index (χ1) is 14.2. The molecule has 2 aromatic rings. The first kappa shape index (κ1) is 20.6. The predicted octanol–water partition coefficient (Wildman–Crippen LogP) is 2.19. The molecule has 1 aromatic heterocycles. The monoisotopic (exact) mass is 397 g/mol. The molecule has 0 radical (unpaired) electrons. The Kier molecular flexibility index (Phi) is 7.38. The van der Waals surface area contributed by atoms with Crippen molar-refractivity contribution in [1.82, 2.24) is 14.9 Å². The Morgan fingerprint density at radius 2 is 1.79 bits per heavy atom. The van der Waals surface area contributed by atoms with E-state index in [9.17, 15) is 9.59 Å². The van der Waals surface area contributed by atoms with Crippen molar-refractivity contribution < 1.29 is 14.3 Å². The molecule has 2 heterocycles. The van der Waals surface area contributed by atoms with Crippen molar-refractivity contribution >= 4 is 23.5 Å². The van der Waals surface area contributed by atoms with Crippen molar-refractivity contribution in [3.05, 3.63) is 48.3 Å². The summed E-state index contributed by atoms with van der Waals surface area (Å²) in [6, 6.07) is 8.98. The second kappa shape index (κ2) is 10.4. The van der Waals surface area contributed by atoms with Gasteiger partial charge in [-0.2, -0.15) is 0 Å². The number of carbonyl (C=O) groups is 2. The maximum absolute atomic E-state index is 12.5. The molecule has 0 spiro atoms. The molecule has 3 rings (SSSR count). The third kappa shape index (κ3) is 5.66.